The van der Waals surface area contributed by atoms with Gasteiger partial charge in [0.05, 0.1) is 57.6 Å². The Morgan fingerprint density at radius 3 is 2.26 bits per heavy atom. The number of hydrogen-bond acceptors (Lipinski definition) is 9. The Kier molecular flexibility index (Phi) is 11.8. The van der Waals surface area contributed by atoms with Gasteiger partial charge >= 0.3 is 0 Å². The van der Waals surface area contributed by atoms with Crippen LogP contribution in [0, 0.1) is 0 Å². The molecule has 262 valence electrons. The van der Waals surface area contributed by atoms with Crippen LogP contribution in [-0.4, -0.2) is 98.7 Å². The van der Waals surface area contributed by atoms with Crippen molar-refractivity contribution in [2.24, 2.45) is 0 Å². The maximum absolute atomic E-state index is 13.8. The highest BCUT2D eigenvalue weighted by Crippen LogP contribution is 2.45. The summed E-state index contributed by atoms with van der Waals surface area (Å²) in [5, 5.41) is 15.2. The monoisotopic (exact) mass is 702 g/mol. The number of nitrogens with one attached hydrogen (secondary N) is 1. The van der Waals surface area contributed by atoms with Crippen LogP contribution in [0.25, 0.3) is 16.4 Å². The van der Waals surface area contributed by atoms with Crippen LogP contribution in [-0.2, 0) is 18.9 Å². The van der Waals surface area contributed by atoms with Gasteiger partial charge in [-0.25, -0.2) is 4.98 Å². The smallest absolute Gasteiger partial charge is 0.278 e. The van der Waals surface area contributed by atoms with E-state index in [-0.39, 0.29) is 29.2 Å². The summed E-state index contributed by atoms with van der Waals surface area (Å²) in [4.78, 5) is 32.9. The van der Waals surface area contributed by atoms with Gasteiger partial charge in [-0.1, -0.05) is 24.3 Å². The van der Waals surface area contributed by atoms with Crippen LogP contribution in [0.5, 0.6) is 11.5 Å². The molecule has 13 heteroatoms. The van der Waals surface area contributed by atoms with Gasteiger partial charge in [0.1, 0.15) is 29.4 Å². The zero-order chi connectivity index (χ0) is 34.9. The Labute approximate surface area is 294 Å². The van der Waals surface area contributed by atoms with Crippen LogP contribution in [0.3, 0.4) is 0 Å². The highest BCUT2D eigenvalue weighted by Gasteiger charge is 2.35. The zero-order valence-corrected chi connectivity index (χ0v) is 28.4. The number of methoxy groups -OCH3 is 1. The second kappa shape index (κ2) is 16.8. The van der Waals surface area contributed by atoms with Crippen LogP contribution in [0.2, 0.25) is 0 Å². The Morgan fingerprint density at radius 1 is 0.880 bits per heavy atom. The van der Waals surface area contributed by atoms with Crippen molar-refractivity contribution in [2.75, 3.05) is 82.6 Å². The summed E-state index contributed by atoms with van der Waals surface area (Å²) in [7, 11) is 1.63. The molecule has 0 bridgehead atoms. The molecule has 0 spiro atoms. The van der Waals surface area contributed by atoms with Crippen molar-refractivity contribution in [1.29, 1.82) is 0 Å². The van der Waals surface area contributed by atoms with E-state index in [0.29, 0.717) is 93.6 Å². The molecule has 1 aliphatic rings. The number of amides is 2. The lowest BCUT2D eigenvalue weighted by Gasteiger charge is -2.17. The second-order valence-electron chi connectivity index (χ2n) is 11.6. The van der Waals surface area contributed by atoms with Crippen molar-refractivity contribution in [3.05, 3.63) is 95.9 Å². The summed E-state index contributed by atoms with van der Waals surface area (Å²) in [6, 6.07) is 19.5. The number of benzene rings is 3. The number of phenolic OH excluding ortho intramolecular Hbond substituents is 1. The van der Waals surface area contributed by atoms with Gasteiger partial charge < -0.3 is 43.4 Å². The molecule has 0 radical (unpaired) electrons. The molecule has 0 saturated heterocycles. The third-order valence-corrected chi connectivity index (χ3v) is 8.67. The number of halogens is 1. The van der Waals surface area contributed by atoms with Crippen LogP contribution in [0.4, 0.5) is 11.4 Å². The molecule has 2 amide bonds. The SMILES string of the molecule is COCCOCCOCCOCCOc1ccc(C(=O)Nc2ccc3nc(C(=O)N4C[C@@H](CCl)c5c4cc(O)c4ccccc54)cn3c2)cc1. The van der Waals surface area contributed by atoms with E-state index in [1.807, 2.05) is 24.3 Å². The lowest BCUT2D eigenvalue weighted by molar-refractivity contribution is 0.000164. The molecular formula is C37H39ClN4O8. The Hall–Kier alpha value is -4.72. The van der Waals surface area contributed by atoms with Crippen molar-refractivity contribution in [3.63, 3.8) is 0 Å². The number of pyridine rings is 1. The van der Waals surface area contributed by atoms with Gasteiger partial charge in [0.2, 0.25) is 0 Å². The molecule has 0 aliphatic carbocycles. The molecule has 0 saturated carbocycles. The van der Waals surface area contributed by atoms with Crippen molar-refractivity contribution < 1.29 is 38.4 Å². The predicted molar refractivity (Wildman–Crippen MR) is 190 cm³/mol. The van der Waals surface area contributed by atoms with Crippen molar-refractivity contribution >= 4 is 51.2 Å². The van der Waals surface area contributed by atoms with E-state index < -0.39 is 0 Å². The first-order chi connectivity index (χ1) is 24.5. The number of fused-ring (bicyclic) bond motifs is 4. The van der Waals surface area contributed by atoms with Gasteiger partial charge in [-0.15, -0.1) is 11.6 Å². The van der Waals surface area contributed by atoms with Crippen molar-refractivity contribution in [2.45, 2.75) is 5.92 Å². The van der Waals surface area contributed by atoms with Crippen LogP contribution in [0.15, 0.2) is 79.1 Å². The topological polar surface area (TPSA) is 133 Å². The maximum atomic E-state index is 13.8. The van der Waals surface area contributed by atoms with Crippen molar-refractivity contribution in [1.82, 2.24) is 9.38 Å². The average Bonchev–Trinajstić information content (AvgIpc) is 3.73. The fourth-order valence-electron chi connectivity index (χ4n) is 5.86. The number of carbonyl (C=O) groups is 2. The molecule has 1 atom stereocenters. The summed E-state index contributed by atoms with van der Waals surface area (Å²) in [6.45, 7) is 4.19. The molecule has 5 aromatic rings. The second-order valence-corrected chi connectivity index (χ2v) is 11.9. The molecule has 3 heterocycles. The van der Waals surface area contributed by atoms with E-state index in [9.17, 15) is 14.7 Å². The zero-order valence-electron chi connectivity index (χ0n) is 27.7. The fourth-order valence-corrected chi connectivity index (χ4v) is 6.11. The highest BCUT2D eigenvalue weighted by atomic mass is 35.5. The number of hydrogen-bond donors (Lipinski definition) is 2. The summed E-state index contributed by atoms with van der Waals surface area (Å²) in [5.41, 5.74) is 3.33. The number of anilines is 2. The summed E-state index contributed by atoms with van der Waals surface area (Å²) in [5.74, 6) is 0.355. The minimum absolute atomic E-state index is 0.0895. The van der Waals surface area contributed by atoms with Crippen molar-refractivity contribution in [3.8, 4) is 11.5 Å². The minimum atomic E-state index is -0.304. The molecule has 12 nitrogen and oxygen atoms in total. The normalized spacial score (nSPS) is 14.0. The Bertz CT molecular complexity index is 1930. The molecule has 0 fully saturated rings. The number of aromatic hydroxyl groups is 1. The van der Waals surface area contributed by atoms with E-state index in [1.165, 1.54) is 0 Å². The van der Waals surface area contributed by atoms with Gasteiger partial charge in [-0.05, 0) is 47.3 Å². The molecule has 2 N–H and O–H groups in total. The summed E-state index contributed by atoms with van der Waals surface area (Å²) in [6.07, 6.45) is 3.33. The molecular weight excluding hydrogens is 664 g/mol. The molecule has 50 heavy (non-hydrogen) atoms. The number of ether oxygens (including phenoxy) is 5. The number of rotatable bonds is 17. The predicted octanol–water partition coefficient (Wildman–Crippen LogP) is 5.50. The number of nitrogens with zero attached hydrogens (tertiary/aromatic N) is 3. The first kappa shape index (κ1) is 35.1. The molecule has 3 aromatic carbocycles. The molecule has 0 unspecified atom stereocenters. The minimum Gasteiger partial charge on any atom is -0.507 e. The lowest BCUT2D eigenvalue weighted by Crippen LogP contribution is -2.30. The van der Waals surface area contributed by atoms with Gasteiger partial charge in [-0.2, -0.15) is 0 Å². The standard InChI is InChI=1S/C37H39ClN4O8/c1-46-12-13-47-14-15-48-16-17-49-18-19-50-28-9-6-25(7-10-28)36(44)39-27-8-11-34-40-31(24-41(34)23-27)37(45)42-22-26(21-38)35-30-5-3-2-4-29(30)33(43)20-32(35)42/h2-11,20,23-24,26,43H,12-19,21-22H2,1H3,(H,39,44)/t26-/m1/s1. The van der Waals surface area contributed by atoms with Gasteiger partial charge in [0, 0.05) is 54.9 Å². The van der Waals surface area contributed by atoms with Gasteiger partial charge in [0.15, 0.2) is 0 Å². The first-order valence-corrected chi connectivity index (χ1v) is 16.9. The third-order valence-electron chi connectivity index (χ3n) is 8.29. The lowest BCUT2D eigenvalue weighted by atomic mass is 9.95. The summed E-state index contributed by atoms with van der Waals surface area (Å²) < 4.78 is 28.6. The Balaban J connectivity index is 1.00. The first-order valence-electron chi connectivity index (χ1n) is 16.3. The van der Waals surface area contributed by atoms with Gasteiger partial charge in [0.25, 0.3) is 11.8 Å². The molecule has 2 aromatic heterocycles. The third kappa shape index (κ3) is 8.18. The number of aromatic nitrogens is 2. The fraction of sp³-hybridized carbons (Fsp3) is 0.324. The van der Waals surface area contributed by atoms with Crippen LogP contribution >= 0.6 is 11.6 Å². The van der Waals surface area contributed by atoms with Crippen LogP contribution in [0.1, 0.15) is 32.3 Å². The largest absolute Gasteiger partial charge is 0.507 e. The van der Waals surface area contributed by atoms with E-state index in [0.717, 1.165) is 16.3 Å². The summed E-state index contributed by atoms with van der Waals surface area (Å²) >= 11 is 6.35. The molecule has 1 aliphatic heterocycles. The highest BCUT2D eigenvalue weighted by molar-refractivity contribution is 6.19. The average molecular weight is 703 g/mol. The quantitative estimate of drug-likeness (QED) is 0.0952. The van der Waals surface area contributed by atoms with E-state index in [1.54, 1.807) is 71.3 Å². The van der Waals surface area contributed by atoms with Gasteiger partial charge in [-0.3, -0.25) is 9.59 Å². The Morgan fingerprint density at radius 2 is 1.56 bits per heavy atom. The van der Waals surface area contributed by atoms with E-state index in [4.69, 9.17) is 35.3 Å². The number of alkyl halides is 1. The maximum Gasteiger partial charge on any atom is 0.278 e. The van der Waals surface area contributed by atoms with Crippen LogP contribution < -0.4 is 15.0 Å². The number of carbonyl (C=O) groups excluding carboxylic acids is 2. The number of imidazole rings is 1. The van der Waals surface area contributed by atoms with E-state index in [2.05, 4.69) is 10.3 Å². The van der Waals surface area contributed by atoms with E-state index >= 15 is 0 Å². The number of phenols is 1. The molecule has 6 rings (SSSR count).